The summed E-state index contributed by atoms with van der Waals surface area (Å²) in [4.78, 5) is 6.99. The summed E-state index contributed by atoms with van der Waals surface area (Å²) in [5.41, 5.74) is 9.22. The van der Waals surface area contributed by atoms with Crippen LogP contribution in [0.25, 0.3) is 0 Å². The number of thioether (sulfide) groups is 1. The SMILES string of the molecule is Cc1cccc(SCc2nc(C)c(C)s2)c1N. The summed E-state index contributed by atoms with van der Waals surface area (Å²) < 4.78 is 0. The predicted octanol–water partition coefficient (Wildman–Crippen LogP) is 3.94. The van der Waals surface area contributed by atoms with E-state index in [0.29, 0.717) is 0 Å². The zero-order chi connectivity index (χ0) is 12.4. The number of para-hydroxylation sites is 1. The summed E-state index contributed by atoms with van der Waals surface area (Å²) in [6.07, 6.45) is 0. The van der Waals surface area contributed by atoms with Crippen molar-refractivity contribution in [1.29, 1.82) is 0 Å². The van der Waals surface area contributed by atoms with Crippen LogP contribution in [0, 0.1) is 20.8 Å². The highest BCUT2D eigenvalue weighted by atomic mass is 32.2. The van der Waals surface area contributed by atoms with Crippen LogP contribution in [-0.4, -0.2) is 4.98 Å². The maximum Gasteiger partial charge on any atom is 0.103 e. The summed E-state index contributed by atoms with van der Waals surface area (Å²) in [7, 11) is 0. The molecule has 0 saturated carbocycles. The molecule has 0 aliphatic carbocycles. The monoisotopic (exact) mass is 264 g/mol. The van der Waals surface area contributed by atoms with E-state index in [9.17, 15) is 0 Å². The van der Waals surface area contributed by atoms with Gasteiger partial charge in [-0.1, -0.05) is 12.1 Å². The molecular formula is C13H16N2S2. The normalized spacial score (nSPS) is 10.8. The van der Waals surface area contributed by atoms with Gasteiger partial charge in [0.05, 0.1) is 11.4 Å². The van der Waals surface area contributed by atoms with Crippen molar-refractivity contribution in [2.45, 2.75) is 31.4 Å². The Balaban J connectivity index is 2.10. The summed E-state index contributed by atoms with van der Waals surface area (Å²) in [6.45, 7) is 6.21. The quantitative estimate of drug-likeness (QED) is 0.674. The van der Waals surface area contributed by atoms with Crippen molar-refractivity contribution < 1.29 is 0 Å². The molecule has 17 heavy (non-hydrogen) atoms. The number of thiazole rings is 1. The fraction of sp³-hybridized carbons (Fsp3) is 0.308. The number of hydrogen-bond acceptors (Lipinski definition) is 4. The average molecular weight is 264 g/mol. The first-order valence-electron chi connectivity index (χ1n) is 5.48. The van der Waals surface area contributed by atoms with Crippen LogP contribution in [0.15, 0.2) is 23.1 Å². The third-order valence-electron chi connectivity index (χ3n) is 2.71. The Morgan fingerprint density at radius 3 is 2.71 bits per heavy atom. The summed E-state index contributed by atoms with van der Waals surface area (Å²) in [6, 6.07) is 6.16. The molecule has 2 aromatic rings. The van der Waals surface area contributed by atoms with Crippen molar-refractivity contribution in [3.8, 4) is 0 Å². The Labute approximate surface area is 110 Å². The summed E-state index contributed by atoms with van der Waals surface area (Å²) in [5, 5.41) is 1.17. The number of nitrogens with two attached hydrogens (primary N) is 1. The molecule has 0 atom stereocenters. The third-order valence-corrected chi connectivity index (χ3v) is 5.05. The van der Waals surface area contributed by atoms with Crippen LogP contribution in [0.2, 0.25) is 0 Å². The molecule has 0 unspecified atom stereocenters. The fourth-order valence-electron chi connectivity index (χ4n) is 1.52. The van der Waals surface area contributed by atoms with E-state index in [4.69, 9.17) is 5.73 Å². The number of benzene rings is 1. The molecule has 0 spiro atoms. The van der Waals surface area contributed by atoms with Crippen LogP contribution in [0.5, 0.6) is 0 Å². The van der Waals surface area contributed by atoms with Gasteiger partial charge in [0.25, 0.3) is 0 Å². The maximum atomic E-state index is 6.04. The standard InChI is InChI=1S/C13H16N2S2/c1-8-5-4-6-11(13(8)14)16-7-12-15-9(2)10(3)17-12/h4-6H,7,14H2,1-3H3. The number of nitrogens with zero attached hydrogens (tertiary/aromatic N) is 1. The zero-order valence-electron chi connectivity index (χ0n) is 10.3. The molecule has 1 heterocycles. The molecule has 2 N–H and O–H groups in total. The van der Waals surface area contributed by atoms with Crippen LogP contribution >= 0.6 is 23.1 Å². The van der Waals surface area contributed by atoms with Crippen molar-refractivity contribution >= 4 is 28.8 Å². The van der Waals surface area contributed by atoms with Crippen LogP contribution < -0.4 is 5.73 Å². The molecule has 0 amide bonds. The first-order valence-corrected chi connectivity index (χ1v) is 7.29. The highest BCUT2D eigenvalue weighted by Crippen LogP contribution is 2.31. The second kappa shape index (κ2) is 5.10. The zero-order valence-corrected chi connectivity index (χ0v) is 11.9. The van der Waals surface area contributed by atoms with Crippen molar-refractivity contribution in [3.05, 3.63) is 39.3 Å². The van der Waals surface area contributed by atoms with E-state index in [1.807, 2.05) is 19.1 Å². The van der Waals surface area contributed by atoms with Gasteiger partial charge < -0.3 is 5.73 Å². The van der Waals surface area contributed by atoms with E-state index in [1.54, 1.807) is 23.1 Å². The minimum absolute atomic E-state index is 0.891. The molecule has 1 aromatic carbocycles. The Bertz CT molecular complexity index is 513. The highest BCUT2D eigenvalue weighted by molar-refractivity contribution is 7.98. The summed E-state index contributed by atoms with van der Waals surface area (Å²) >= 11 is 3.53. The number of aromatic nitrogens is 1. The summed E-state index contributed by atoms with van der Waals surface area (Å²) in [5.74, 6) is 0.896. The van der Waals surface area contributed by atoms with Crippen molar-refractivity contribution in [3.63, 3.8) is 0 Å². The van der Waals surface area contributed by atoms with Crippen LogP contribution in [0.3, 0.4) is 0 Å². The number of hydrogen-bond donors (Lipinski definition) is 1. The van der Waals surface area contributed by atoms with Gasteiger partial charge in [0.1, 0.15) is 5.01 Å². The molecule has 4 heteroatoms. The van der Waals surface area contributed by atoms with Crippen molar-refractivity contribution in [1.82, 2.24) is 4.98 Å². The minimum atomic E-state index is 0.891. The number of anilines is 1. The molecule has 0 radical (unpaired) electrons. The fourth-order valence-corrected chi connectivity index (χ4v) is 3.50. The number of aryl methyl sites for hydroxylation is 3. The first-order chi connectivity index (χ1) is 8.08. The van der Waals surface area contributed by atoms with E-state index in [1.165, 1.54) is 9.88 Å². The molecule has 0 fully saturated rings. The van der Waals surface area contributed by atoms with E-state index >= 15 is 0 Å². The van der Waals surface area contributed by atoms with Gasteiger partial charge in [-0.15, -0.1) is 23.1 Å². The predicted molar refractivity (Wildman–Crippen MR) is 76.7 cm³/mol. The van der Waals surface area contributed by atoms with Gasteiger partial charge >= 0.3 is 0 Å². The molecule has 2 nitrogen and oxygen atoms in total. The third kappa shape index (κ3) is 2.82. The number of nitrogen functional groups attached to an aromatic ring is 1. The lowest BCUT2D eigenvalue weighted by atomic mass is 10.2. The largest absolute Gasteiger partial charge is 0.398 e. The van der Waals surface area contributed by atoms with Gasteiger partial charge in [-0.05, 0) is 32.4 Å². The second-order valence-electron chi connectivity index (χ2n) is 4.02. The van der Waals surface area contributed by atoms with Gasteiger partial charge in [-0.25, -0.2) is 4.98 Å². The lowest BCUT2D eigenvalue weighted by molar-refractivity contribution is 1.16. The van der Waals surface area contributed by atoms with Gasteiger partial charge in [0, 0.05) is 15.5 Å². The van der Waals surface area contributed by atoms with Crippen LogP contribution in [-0.2, 0) is 5.75 Å². The van der Waals surface area contributed by atoms with E-state index in [-0.39, 0.29) is 0 Å². The first kappa shape index (κ1) is 12.5. The lowest BCUT2D eigenvalue weighted by Gasteiger charge is -2.06. The van der Waals surface area contributed by atoms with Gasteiger partial charge in [0.15, 0.2) is 0 Å². The van der Waals surface area contributed by atoms with Gasteiger partial charge in [-0.3, -0.25) is 0 Å². The van der Waals surface area contributed by atoms with E-state index in [2.05, 4.69) is 24.9 Å². The molecule has 0 aliphatic rings. The highest BCUT2D eigenvalue weighted by Gasteiger charge is 2.06. The Kier molecular flexibility index (Phi) is 3.74. The Morgan fingerprint density at radius 2 is 2.06 bits per heavy atom. The lowest BCUT2D eigenvalue weighted by Crippen LogP contribution is -1.92. The molecule has 0 aliphatic heterocycles. The average Bonchev–Trinajstić information content (AvgIpc) is 2.61. The molecule has 0 bridgehead atoms. The Morgan fingerprint density at radius 1 is 1.29 bits per heavy atom. The second-order valence-corrected chi connectivity index (χ2v) is 6.33. The Hall–Kier alpha value is -1.00. The van der Waals surface area contributed by atoms with E-state index in [0.717, 1.165) is 27.6 Å². The topological polar surface area (TPSA) is 38.9 Å². The van der Waals surface area contributed by atoms with Gasteiger partial charge in [0.2, 0.25) is 0 Å². The van der Waals surface area contributed by atoms with Crippen LogP contribution in [0.4, 0.5) is 5.69 Å². The van der Waals surface area contributed by atoms with Gasteiger partial charge in [-0.2, -0.15) is 0 Å². The molecule has 0 saturated heterocycles. The molecule has 2 rings (SSSR count). The molecule has 90 valence electrons. The van der Waals surface area contributed by atoms with Crippen LogP contribution in [0.1, 0.15) is 21.1 Å². The smallest absolute Gasteiger partial charge is 0.103 e. The number of rotatable bonds is 3. The molecule has 1 aromatic heterocycles. The molecular weight excluding hydrogens is 248 g/mol. The van der Waals surface area contributed by atoms with E-state index < -0.39 is 0 Å². The minimum Gasteiger partial charge on any atom is -0.398 e. The maximum absolute atomic E-state index is 6.04. The van der Waals surface area contributed by atoms with Crippen molar-refractivity contribution in [2.75, 3.05) is 5.73 Å². The van der Waals surface area contributed by atoms with Crippen molar-refractivity contribution in [2.24, 2.45) is 0 Å².